The minimum atomic E-state index is -2.89. The second kappa shape index (κ2) is 8.77. The molecule has 0 bridgehead atoms. The second-order valence-electron chi connectivity index (χ2n) is 5.57. The second-order valence-corrected chi connectivity index (χ2v) is 6.76. The number of rotatable bonds is 6. The van der Waals surface area contributed by atoms with Crippen LogP contribution in [0.2, 0.25) is 15.1 Å². The van der Waals surface area contributed by atoms with E-state index in [4.69, 9.17) is 34.8 Å². The molecule has 3 rings (SSSR count). The summed E-state index contributed by atoms with van der Waals surface area (Å²) in [5.41, 5.74) is 1.15. The molecule has 0 aliphatic rings. The highest BCUT2D eigenvalue weighted by molar-refractivity contribution is 6.41. The number of benzene rings is 2. The fourth-order valence-electron chi connectivity index (χ4n) is 2.40. The van der Waals surface area contributed by atoms with E-state index in [1.165, 1.54) is 18.3 Å². The molecule has 0 unspecified atom stereocenters. The maximum absolute atomic E-state index is 12.3. The van der Waals surface area contributed by atoms with E-state index in [9.17, 15) is 13.6 Å². The Hall–Kier alpha value is -2.35. The van der Waals surface area contributed by atoms with Gasteiger partial charge in [-0.15, -0.1) is 0 Å². The molecule has 28 heavy (non-hydrogen) atoms. The third kappa shape index (κ3) is 4.73. The molecule has 0 aliphatic carbocycles. The molecule has 3 aromatic rings. The van der Waals surface area contributed by atoms with Gasteiger partial charge in [0.2, 0.25) is 0 Å². The Morgan fingerprint density at radius 1 is 1.11 bits per heavy atom. The summed E-state index contributed by atoms with van der Waals surface area (Å²) in [5.74, 6) is 0.0702. The molecule has 0 amide bonds. The maximum Gasteiger partial charge on any atom is 0.387 e. The molecule has 5 nitrogen and oxygen atoms in total. The van der Waals surface area contributed by atoms with Crippen molar-refractivity contribution < 1.29 is 13.5 Å². The minimum absolute atomic E-state index is 0.0605. The molecule has 0 radical (unpaired) electrons. The fourth-order valence-corrected chi connectivity index (χ4v) is 2.90. The van der Waals surface area contributed by atoms with E-state index >= 15 is 0 Å². The van der Waals surface area contributed by atoms with Gasteiger partial charge in [-0.05, 0) is 35.9 Å². The van der Waals surface area contributed by atoms with E-state index in [1.54, 1.807) is 30.3 Å². The van der Waals surface area contributed by atoms with Crippen molar-refractivity contribution in [1.82, 2.24) is 9.78 Å². The van der Waals surface area contributed by atoms with Gasteiger partial charge >= 0.3 is 6.61 Å². The lowest BCUT2D eigenvalue weighted by molar-refractivity contribution is -0.0498. The van der Waals surface area contributed by atoms with E-state index in [1.807, 2.05) is 0 Å². The molecule has 0 atom stereocenters. The first-order chi connectivity index (χ1) is 13.3. The molecule has 1 heterocycles. The van der Waals surface area contributed by atoms with Crippen LogP contribution in [0.1, 0.15) is 5.56 Å². The topological polar surface area (TPSA) is 56.2 Å². The number of anilines is 1. The van der Waals surface area contributed by atoms with Gasteiger partial charge in [0.25, 0.3) is 5.56 Å². The van der Waals surface area contributed by atoms with E-state index in [0.29, 0.717) is 22.9 Å². The maximum atomic E-state index is 12.3. The molecular formula is C18H12Cl3F2N3O2. The molecule has 0 aliphatic heterocycles. The Morgan fingerprint density at radius 3 is 2.61 bits per heavy atom. The largest absolute Gasteiger partial charge is 0.435 e. The average molecular weight is 447 g/mol. The quantitative estimate of drug-likeness (QED) is 0.550. The van der Waals surface area contributed by atoms with Crippen LogP contribution in [0, 0.1) is 0 Å². The number of ether oxygens (including phenoxy) is 1. The summed E-state index contributed by atoms with van der Waals surface area (Å²) in [5, 5.41) is 7.29. The van der Waals surface area contributed by atoms with Crippen LogP contribution in [0.4, 0.5) is 14.5 Å². The highest BCUT2D eigenvalue weighted by atomic mass is 35.5. The number of hydrogen-bond acceptors (Lipinski definition) is 4. The summed E-state index contributed by atoms with van der Waals surface area (Å²) < 4.78 is 30.1. The number of nitrogens with zero attached hydrogens (tertiary/aromatic N) is 2. The van der Waals surface area contributed by atoms with Crippen LogP contribution in [0.25, 0.3) is 5.69 Å². The van der Waals surface area contributed by atoms with Crippen LogP contribution < -0.4 is 15.6 Å². The standard InChI is InChI=1S/C18H12Cl3F2N3O2/c19-13-7-11(26-17(27)16(21)14(20)9-25-26)4-5-15(13)24-8-10-2-1-3-12(6-10)28-18(22)23/h1-7,9,18,24H,8H2. The van der Waals surface area contributed by atoms with Crippen molar-refractivity contribution in [2.75, 3.05) is 5.32 Å². The molecular weight excluding hydrogens is 435 g/mol. The summed E-state index contributed by atoms with van der Waals surface area (Å²) in [6, 6.07) is 11.1. The normalized spacial score (nSPS) is 10.9. The molecule has 0 saturated carbocycles. The molecule has 0 fully saturated rings. The van der Waals surface area contributed by atoms with Crippen LogP contribution >= 0.6 is 34.8 Å². The average Bonchev–Trinajstić information content (AvgIpc) is 2.65. The van der Waals surface area contributed by atoms with Gasteiger partial charge in [-0.3, -0.25) is 4.79 Å². The van der Waals surface area contributed by atoms with Crippen molar-refractivity contribution >= 4 is 40.5 Å². The monoisotopic (exact) mass is 445 g/mol. The van der Waals surface area contributed by atoms with Crippen LogP contribution in [-0.2, 0) is 6.54 Å². The lowest BCUT2D eigenvalue weighted by Gasteiger charge is -2.12. The molecule has 1 aromatic heterocycles. The zero-order valence-electron chi connectivity index (χ0n) is 14.0. The van der Waals surface area contributed by atoms with E-state index in [0.717, 1.165) is 10.2 Å². The SMILES string of the molecule is O=c1c(Cl)c(Cl)cnn1-c1ccc(NCc2cccc(OC(F)F)c2)c(Cl)c1. The lowest BCUT2D eigenvalue weighted by Crippen LogP contribution is -2.21. The third-order valence-electron chi connectivity index (χ3n) is 3.68. The van der Waals surface area contributed by atoms with E-state index < -0.39 is 12.2 Å². The molecule has 1 N–H and O–H groups in total. The number of halogens is 5. The van der Waals surface area contributed by atoms with Gasteiger partial charge in [-0.25, -0.2) is 0 Å². The third-order valence-corrected chi connectivity index (χ3v) is 4.74. The highest BCUT2D eigenvalue weighted by Gasteiger charge is 2.11. The van der Waals surface area contributed by atoms with Gasteiger partial charge in [0.05, 0.1) is 27.6 Å². The lowest BCUT2D eigenvalue weighted by atomic mass is 10.2. The zero-order chi connectivity index (χ0) is 20.3. The smallest absolute Gasteiger partial charge is 0.387 e. The van der Waals surface area contributed by atoms with Crippen molar-refractivity contribution in [1.29, 1.82) is 0 Å². The highest BCUT2D eigenvalue weighted by Crippen LogP contribution is 2.26. The van der Waals surface area contributed by atoms with Crippen molar-refractivity contribution in [2.45, 2.75) is 13.2 Å². The van der Waals surface area contributed by atoms with Crippen molar-refractivity contribution in [3.05, 3.63) is 79.6 Å². The summed E-state index contributed by atoms with van der Waals surface area (Å²) in [7, 11) is 0. The summed E-state index contributed by atoms with van der Waals surface area (Å²) in [6.45, 7) is -2.56. The van der Waals surface area contributed by atoms with Gasteiger partial charge in [0.15, 0.2) is 0 Å². The van der Waals surface area contributed by atoms with E-state index in [-0.39, 0.29) is 15.8 Å². The van der Waals surface area contributed by atoms with Gasteiger partial charge < -0.3 is 10.1 Å². The van der Waals surface area contributed by atoms with Gasteiger partial charge in [0, 0.05) is 6.54 Å². The molecule has 2 aromatic carbocycles. The number of nitrogens with one attached hydrogen (secondary N) is 1. The molecule has 10 heteroatoms. The Kier molecular flexibility index (Phi) is 6.39. The molecule has 0 spiro atoms. The fraction of sp³-hybridized carbons (Fsp3) is 0.111. The predicted molar refractivity (Wildman–Crippen MR) is 105 cm³/mol. The van der Waals surface area contributed by atoms with Crippen molar-refractivity contribution in [3.8, 4) is 11.4 Å². The van der Waals surface area contributed by atoms with Crippen LogP contribution in [0.3, 0.4) is 0 Å². The van der Waals surface area contributed by atoms with E-state index in [2.05, 4.69) is 15.2 Å². The first-order valence-electron chi connectivity index (χ1n) is 7.86. The minimum Gasteiger partial charge on any atom is -0.435 e. The Morgan fingerprint density at radius 2 is 1.89 bits per heavy atom. The molecule has 0 saturated heterocycles. The first-order valence-corrected chi connectivity index (χ1v) is 8.99. The summed E-state index contributed by atoms with van der Waals surface area (Å²) >= 11 is 17.9. The Labute approximate surface area is 173 Å². The van der Waals surface area contributed by atoms with Gasteiger partial charge in [-0.2, -0.15) is 18.6 Å². The summed E-state index contributed by atoms with van der Waals surface area (Å²) in [4.78, 5) is 12.2. The Balaban J connectivity index is 1.77. The Bertz CT molecular complexity index is 1060. The van der Waals surface area contributed by atoms with Crippen LogP contribution in [0.15, 0.2) is 53.5 Å². The van der Waals surface area contributed by atoms with Crippen molar-refractivity contribution in [3.63, 3.8) is 0 Å². The van der Waals surface area contributed by atoms with Gasteiger partial charge in [-0.1, -0.05) is 46.9 Å². The van der Waals surface area contributed by atoms with Crippen molar-refractivity contribution in [2.24, 2.45) is 0 Å². The zero-order valence-corrected chi connectivity index (χ0v) is 16.3. The molecule has 146 valence electrons. The predicted octanol–water partition coefficient (Wildman–Crippen LogP) is 5.41. The first kappa shape index (κ1) is 20.4. The summed E-state index contributed by atoms with van der Waals surface area (Å²) in [6.07, 6.45) is 1.26. The van der Waals surface area contributed by atoms with Crippen LogP contribution in [0.5, 0.6) is 5.75 Å². The van der Waals surface area contributed by atoms with Gasteiger partial charge in [0.1, 0.15) is 10.8 Å². The van der Waals surface area contributed by atoms with Crippen LogP contribution in [-0.4, -0.2) is 16.4 Å². The number of aromatic nitrogens is 2. The number of hydrogen-bond donors (Lipinski definition) is 1. The number of alkyl halides is 2.